The molecule has 98 valence electrons. The number of carbonyl (C=O) groups is 1. The molecule has 0 fully saturated rings. The summed E-state index contributed by atoms with van der Waals surface area (Å²) in [6, 6.07) is 2.07. The van der Waals surface area contributed by atoms with Crippen LogP contribution in [0, 0.1) is 34.5 Å². The molecule has 0 saturated heterocycles. The van der Waals surface area contributed by atoms with Crippen LogP contribution >= 0.6 is 0 Å². The van der Waals surface area contributed by atoms with Crippen molar-refractivity contribution in [3.8, 4) is 6.07 Å². The Labute approximate surface area is 106 Å². The monoisotopic (exact) mass is 238 g/mol. The summed E-state index contributed by atoms with van der Waals surface area (Å²) in [6.07, 6.45) is 1.06. The van der Waals surface area contributed by atoms with E-state index in [0.29, 0.717) is 12.5 Å². The minimum atomic E-state index is -0.537. The van der Waals surface area contributed by atoms with Gasteiger partial charge in [-0.05, 0) is 23.7 Å². The predicted octanol–water partition coefficient (Wildman–Crippen LogP) is 2.97. The van der Waals surface area contributed by atoms with Gasteiger partial charge in [-0.15, -0.1) is 0 Å². The Hall–Kier alpha value is -1.04. The molecule has 0 heterocycles. The molecule has 0 aliphatic carbocycles. The van der Waals surface area contributed by atoms with Crippen molar-refractivity contribution < 1.29 is 4.79 Å². The van der Waals surface area contributed by atoms with Crippen molar-refractivity contribution in [2.24, 2.45) is 23.2 Å². The lowest BCUT2D eigenvalue weighted by Gasteiger charge is -2.27. The number of carbonyl (C=O) groups excluding carboxylic acids is 1. The quantitative estimate of drug-likeness (QED) is 0.773. The molecule has 1 amide bonds. The lowest BCUT2D eigenvalue weighted by atomic mass is 9.83. The van der Waals surface area contributed by atoms with Crippen LogP contribution < -0.4 is 5.32 Å². The van der Waals surface area contributed by atoms with Crippen molar-refractivity contribution in [2.75, 3.05) is 6.54 Å². The molecular weight excluding hydrogens is 212 g/mol. The van der Waals surface area contributed by atoms with E-state index >= 15 is 0 Å². The second-order valence-electron chi connectivity index (χ2n) is 6.33. The van der Waals surface area contributed by atoms with E-state index in [2.05, 4.69) is 39.1 Å². The van der Waals surface area contributed by atoms with Crippen LogP contribution in [0.3, 0.4) is 0 Å². The van der Waals surface area contributed by atoms with E-state index < -0.39 is 5.92 Å². The van der Waals surface area contributed by atoms with Crippen LogP contribution in [0.5, 0.6) is 0 Å². The van der Waals surface area contributed by atoms with Gasteiger partial charge in [-0.2, -0.15) is 5.26 Å². The molecule has 17 heavy (non-hydrogen) atoms. The van der Waals surface area contributed by atoms with E-state index in [0.717, 1.165) is 6.42 Å². The summed E-state index contributed by atoms with van der Waals surface area (Å²) in [4.78, 5) is 11.8. The van der Waals surface area contributed by atoms with Gasteiger partial charge in [0.05, 0.1) is 6.07 Å². The lowest BCUT2D eigenvalue weighted by molar-refractivity contribution is -0.124. The van der Waals surface area contributed by atoms with Crippen molar-refractivity contribution in [1.29, 1.82) is 5.26 Å². The molecule has 0 spiro atoms. The normalized spacial score (nSPS) is 13.6. The number of hydrogen-bond donors (Lipinski definition) is 1. The van der Waals surface area contributed by atoms with Gasteiger partial charge in [0, 0.05) is 6.54 Å². The first-order valence-corrected chi connectivity index (χ1v) is 6.37. The Morgan fingerprint density at radius 1 is 1.29 bits per heavy atom. The summed E-state index contributed by atoms with van der Waals surface area (Å²) in [6.45, 7) is 13.1. The zero-order valence-corrected chi connectivity index (χ0v) is 12.0. The van der Waals surface area contributed by atoms with Crippen LogP contribution in [0.25, 0.3) is 0 Å². The standard InChI is InChI=1S/C14H26N2O/c1-10(2)7-14(5,6)9-16-13(17)12(8-15)11(3)4/h10-12H,7,9H2,1-6H3,(H,16,17). The fourth-order valence-electron chi connectivity index (χ4n) is 2.12. The van der Waals surface area contributed by atoms with Crippen LogP contribution in [-0.2, 0) is 4.79 Å². The highest BCUT2D eigenvalue weighted by Gasteiger charge is 2.25. The summed E-state index contributed by atoms with van der Waals surface area (Å²) < 4.78 is 0. The van der Waals surface area contributed by atoms with Crippen LogP contribution in [-0.4, -0.2) is 12.5 Å². The Balaban J connectivity index is 4.29. The van der Waals surface area contributed by atoms with Crippen LogP contribution in [0.1, 0.15) is 48.0 Å². The second-order valence-corrected chi connectivity index (χ2v) is 6.33. The van der Waals surface area contributed by atoms with E-state index in [4.69, 9.17) is 5.26 Å². The van der Waals surface area contributed by atoms with Crippen LogP contribution in [0.4, 0.5) is 0 Å². The third kappa shape index (κ3) is 6.31. The first-order valence-electron chi connectivity index (χ1n) is 6.37. The highest BCUT2D eigenvalue weighted by molar-refractivity contribution is 5.81. The number of hydrogen-bond acceptors (Lipinski definition) is 2. The summed E-state index contributed by atoms with van der Waals surface area (Å²) in [5.41, 5.74) is 0.0841. The molecule has 0 bridgehead atoms. The third-order valence-corrected chi connectivity index (χ3v) is 2.79. The fourth-order valence-corrected chi connectivity index (χ4v) is 2.12. The van der Waals surface area contributed by atoms with Gasteiger partial charge in [0.2, 0.25) is 5.91 Å². The first kappa shape index (κ1) is 16.0. The molecule has 3 heteroatoms. The Kier molecular flexibility index (Phi) is 6.23. The maximum Gasteiger partial charge on any atom is 0.237 e. The Morgan fingerprint density at radius 3 is 2.18 bits per heavy atom. The minimum absolute atomic E-state index is 0.0632. The second kappa shape index (κ2) is 6.64. The van der Waals surface area contributed by atoms with Crippen molar-refractivity contribution in [1.82, 2.24) is 5.32 Å². The van der Waals surface area contributed by atoms with Gasteiger partial charge in [-0.25, -0.2) is 0 Å². The number of nitrogens with one attached hydrogen (secondary N) is 1. The molecule has 0 aliphatic rings. The Bertz CT molecular complexity index is 287. The average Bonchev–Trinajstić information content (AvgIpc) is 2.13. The van der Waals surface area contributed by atoms with Crippen LogP contribution in [0.2, 0.25) is 0 Å². The zero-order chi connectivity index (χ0) is 13.6. The van der Waals surface area contributed by atoms with Gasteiger partial charge in [-0.1, -0.05) is 41.5 Å². The predicted molar refractivity (Wildman–Crippen MR) is 70.2 cm³/mol. The molecule has 0 radical (unpaired) electrons. The number of amides is 1. The molecule has 0 aromatic carbocycles. The van der Waals surface area contributed by atoms with Gasteiger partial charge in [-0.3, -0.25) is 4.79 Å². The zero-order valence-electron chi connectivity index (χ0n) is 12.0. The molecule has 3 nitrogen and oxygen atoms in total. The maximum atomic E-state index is 11.8. The largest absolute Gasteiger partial charge is 0.354 e. The maximum absolute atomic E-state index is 11.8. The van der Waals surface area contributed by atoms with Crippen LogP contribution in [0.15, 0.2) is 0 Å². The molecule has 0 rings (SSSR count). The average molecular weight is 238 g/mol. The molecule has 0 aromatic heterocycles. The molecule has 0 aromatic rings. The highest BCUT2D eigenvalue weighted by atomic mass is 16.1. The van der Waals surface area contributed by atoms with Gasteiger partial charge in [0.25, 0.3) is 0 Å². The van der Waals surface area contributed by atoms with E-state index in [-0.39, 0.29) is 17.2 Å². The first-order chi connectivity index (χ1) is 7.69. The molecule has 1 atom stereocenters. The molecule has 1 unspecified atom stereocenters. The van der Waals surface area contributed by atoms with E-state index in [1.165, 1.54) is 0 Å². The van der Waals surface area contributed by atoms with Crippen molar-refractivity contribution in [2.45, 2.75) is 48.0 Å². The number of nitriles is 1. The van der Waals surface area contributed by atoms with E-state index in [1.807, 2.05) is 13.8 Å². The summed E-state index contributed by atoms with van der Waals surface area (Å²) in [7, 11) is 0. The highest BCUT2D eigenvalue weighted by Crippen LogP contribution is 2.24. The summed E-state index contributed by atoms with van der Waals surface area (Å²) >= 11 is 0. The lowest BCUT2D eigenvalue weighted by Crippen LogP contribution is -2.39. The van der Waals surface area contributed by atoms with Crippen molar-refractivity contribution >= 4 is 5.91 Å². The fraction of sp³-hybridized carbons (Fsp3) is 0.857. The SMILES string of the molecule is CC(C)CC(C)(C)CNC(=O)C(C#N)C(C)C. The Morgan fingerprint density at radius 2 is 1.82 bits per heavy atom. The summed E-state index contributed by atoms with van der Waals surface area (Å²) in [5.74, 6) is -0.00356. The molecule has 0 aliphatic heterocycles. The summed E-state index contributed by atoms with van der Waals surface area (Å²) in [5, 5.41) is 11.8. The van der Waals surface area contributed by atoms with Crippen molar-refractivity contribution in [3.63, 3.8) is 0 Å². The topological polar surface area (TPSA) is 52.9 Å². The van der Waals surface area contributed by atoms with E-state index in [9.17, 15) is 4.79 Å². The van der Waals surface area contributed by atoms with Gasteiger partial charge >= 0.3 is 0 Å². The molecule has 0 saturated carbocycles. The van der Waals surface area contributed by atoms with Gasteiger partial charge in [0.1, 0.15) is 5.92 Å². The smallest absolute Gasteiger partial charge is 0.237 e. The molecule has 1 N–H and O–H groups in total. The van der Waals surface area contributed by atoms with Gasteiger partial charge in [0.15, 0.2) is 0 Å². The minimum Gasteiger partial charge on any atom is -0.354 e. The third-order valence-electron chi connectivity index (χ3n) is 2.79. The number of rotatable bonds is 6. The van der Waals surface area contributed by atoms with E-state index in [1.54, 1.807) is 0 Å². The number of nitrogens with zero attached hydrogens (tertiary/aromatic N) is 1. The molecular formula is C14H26N2O. The van der Waals surface area contributed by atoms with Gasteiger partial charge < -0.3 is 5.32 Å². The van der Waals surface area contributed by atoms with Crippen molar-refractivity contribution in [3.05, 3.63) is 0 Å².